The third-order valence-electron chi connectivity index (χ3n) is 23.8. The second-order valence-corrected chi connectivity index (χ2v) is 36.9. The molecular formula is C96H110Br4ClN11O19. The van der Waals surface area contributed by atoms with Gasteiger partial charge in [0.05, 0.1) is 43.4 Å². The predicted molar refractivity (Wildman–Crippen MR) is 508 cm³/mol. The van der Waals surface area contributed by atoms with Gasteiger partial charge in [-0.2, -0.15) is 0 Å². The zero-order valence-electron chi connectivity index (χ0n) is 72.9. The number of ether oxygens (including phenoxy) is 2. The smallest absolute Gasteiger partial charge is 0.254 e. The minimum absolute atomic E-state index is 0.0303. The molecule has 14 rings (SSSR count). The number of nitrogens with one attached hydrogen (secondary N) is 5. The van der Waals surface area contributed by atoms with Gasteiger partial charge in [-0.25, -0.2) is 0 Å². The van der Waals surface area contributed by atoms with E-state index in [1.54, 1.807) is 64.0 Å². The molecule has 6 heterocycles. The first-order valence-electron chi connectivity index (χ1n) is 43.3. The molecule has 8 aromatic carbocycles. The zero-order valence-corrected chi connectivity index (χ0v) is 80.0. The first-order valence-corrected chi connectivity index (χ1v) is 46.8. The van der Waals surface area contributed by atoms with E-state index in [1.165, 1.54) is 14.7 Å². The van der Waals surface area contributed by atoms with E-state index in [0.717, 1.165) is 92.3 Å². The number of piperidine rings is 3. The number of aromatic amines is 1. The van der Waals surface area contributed by atoms with E-state index < -0.39 is 114 Å². The molecule has 30 nitrogen and oxygen atoms in total. The van der Waals surface area contributed by atoms with Crippen molar-refractivity contribution in [1.82, 2.24) is 45.9 Å². The third kappa shape index (κ3) is 27.3. The Morgan fingerprint density at radius 2 is 0.794 bits per heavy atom. The molecule has 131 heavy (non-hydrogen) atoms. The van der Waals surface area contributed by atoms with Crippen LogP contribution in [0.3, 0.4) is 0 Å². The standard InChI is InChI=1S/C25H28BrN3O5.C25H28BrN3O4.C23H26BrClN2O5.C23H28BrN3O5/c1-15(16-6-8-18(26)9-7-16)27-24(33)22(31)23(32)25(34)28-12-10-19(11-13-28)29-20-5-3-2-4-17(20)14-21(29)30;1-15(16-8-10-19(26)11-9-16)27-24(32)22(30)23(31)25(33)29-12-4-6-18(14-29)21-13-17-5-2-3-7-20(17)28-21;1-14(15-2-4-16(24)5-3-15)26-22(30)20(28)21(29)23(31)27-12-10-19(11-13-27)32-18-8-6-17(25)7-9-18;1-15(16-7-9-17(24)10-8-16)25-22(30)20(28)21(29)23(31)27-13-11-26(12-14-27)18-5-3-4-6-19(18)32-2/h2-9,15,19,22-23,31-32H,10-14H2,1H3,(H,27,33);2-3,5,7-11,13,15,18,22-23,28,30-31H,4,6,12,14H2,1H3,(H,27,32);2-9,14,19-21,28-29H,10-13H2,1H3,(H,26,30);3-10,15,20-21,28-29H,11-14H2,1-2H3,(H,25,30)/t15-,22+,23+;15-,18?,22+,23+;14-,20+,21+;15-,20+,21+/m0000/s1. The number of H-pyrrole nitrogens is 1. The number of piperazine rings is 1. The van der Waals surface area contributed by atoms with Crippen LogP contribution in [0.4, 0.5) is 11.4 Å². The Hall–Kier alpha value is -10.2. The van der Waals surface area contributed by atoms with Crippen molar-refractivity contribution in [3.05, 3.63) is 257 Å². The molecule has 35 heteroatoms. The molecule has 0 radical (unpaired) electrons. The number of carbonyl (C=O) groups excluding carboxylic acids is 9. The van der Waals surface area contributed by atoms with Gasteiger partial charge in [0.15, 0.2) is 48.8 Å². The molecule has 1 aromatic heterocycles. The van der Waals surface area contributed by atoms with Crippen LogP contribution >= 0.6 is 75.3 Å². The molecule has 9 aromatic rings. The lowest BCUT2D eigenvalue weighted by atomic mass is 9.94. The summed E-state index contributed by atoms with van der Waals surface area (Å²) < 4.78 is 14.9. The summed E-state index contributed by atoms with van der Waals surface area (Å²) in [5.74, 6) is -4.25. The summed E-state index contributed by atoms with van der Waals surface area (Å²) in [7, 11) is 1.61. The number of anilines is 2. The van der Waals surface area contributed by atoms with Crippen molar-refractivity contribution in [3.63, 3.8) is 0 Å². The molecule has 9 amide bonds. The van der Waals surface area contributed by atoms with Gasteiger partial charge < -0.3 is 106 Å². The van der Waals surface area contributed by atoms with Crippen molar-refractivity contribution in [2.45, 2.75) is 164 Å². The topological polar surface area (TPSA) is 417 Å². The lowest BCUT2D eigenvalue weighted by Gasteiger charge is -2.38. The van der Waals surface area contributed by atoms with Crippen LogP contribution < -0.4 is 40.5 Å². The van der Waals surface area contributed by atoms with Crippen LogP contribution in [0, 0.1) is 0 Å². The summed E-state index contributed by atoms with van der Waals surface area (Å²) in [4.78, 5) is 127. The number of rotatable bonds is 26. The fourth-order valence-corrected chi connectivity index (χ4v) is 17.3. The lowest BCUT2D eigenvalue weighted by Crippen LogP contribution is -2.55. The molecule has 0 bridgehead atoms. The maximum absolute atomic E-state index is 12.9. The Bertz CT molecular complexity index is 5330. The average Bonchev–Trinajstić information content (AvgIpc) is 0.889. The van der Waals surface area contributed by atoms with Crippen molar-refractivity contribution < 1.29 is 93.5 Å². The van der Waals surface area contributed by atoms with Gasteiger partial charge in [0.2, 0.25) is 5.91 Å². The maximum Gasteiger partial charge on any atom is 0.254 e. The molecule has 1 unspecified atom stereocenters. The molecule has 4 saturated heterocycles. The summed E-state index contributed by atoms with van der Waals surface area (Å²) in [6.45, 7) is 11.1. The largest absolute Gasteiger partial charge is 0.495 e. The van der Waals surface area contributed by atoms with E-state index in [4.69, 9.17) is 21.1 Å². The number of hydrogen-bond acceptors (Lipinski definition) is 20. The number of carbonyl (C=O) groups is 9. The fourth-order valence-electron chi connectivity index (χ4n) is 16.1. The number of aliphatic hydroxyl groups excluding tert-OH is 8. The number of benzene rings is 8. The van der Waals surface area contributed by atoms with Gasteiger partial charge in [0.25, 0.3) is 47.3 Å². The minimum Gasteiger partial charge on any atom is -0.495 e. The highest BCUT2D eigenvalue weighted by Crippen LogP contribution is 2.36. The zero-order chi connectivity index (χ0) is 94.4. The molecule has 13 atom stereocenters. The molecule has 0 saturated carbocycles. The number of halogens is 5. The molecule has 698 valence electrons. The molecule has 4 fully saturated rings. The lowest BCUT2D eigenvalue weighted by molar-refractivity contribution is -0.154. The van der Waals surface area contributed by atoms with Gasteiger partial charge in [-0.05, 0) is 190 Å². The number of likely N-dealkylation sites (tertiary alicyclic amines) is 3. The Labute approximate surface area is 798 Å². The molecule has 0 spiro atoms. The SMILES string of the molecule is COc1ccccc1N1CCN(C(=O)[C@H](O)[C@@H](O)C(=O)N[C@@H](C)c2ccc(Br)cc2)CC1.C[C@H](NC(=O)[C@H](O)[C@@H](O)C(=O)N1CCC(N2C(=O)Cc3ccccc32)CC1)c1ccc(Br)cc1.C[C@H](NC(=O)[C@H](O)[C@@H](O)C(=O)N1CCC(Oc2ccc(Cl)cc2)CC1)c1ccc(Br)cc1.C[C@H](NC(=O)[C@H](O)[C@@H](O)C(=O)N1CCCC(c2cc3ccccc3[nH]2)C1)c1ccc(Br)cc1. The van der Waals surface area contributed by atoms with E-state index >= 15 is 0 Å². The monoisotopic (exact) mass is 2070 g/mol. The van der Waals surface area contributed by atoms with Crippen molar-refractivity contribution in [2.24, 2.45) is 0 Å². The van der Waals surface area contributed by atoms with Crippen molar-refractivity contribution in [2.75, 3.05) is 82.4 Å². The number of para-hydroxylation sites is 4. The highest BCUT2D eigenvalue weighted by Gasteiger charge is 2.42. The van der Waals surface area contributed by atoms with E-state index in [1.807, 2.05) is 175 Å². The third-order valence-corrected chi connectivity index (χ3v) is 26.2. The molecular weight excluding hydrogens is 1970 g/mol. The molecule has 13 N–H and O–H groups in total. The van der Waals surface area contributed by atoms with Gasteiger partial charge >= 0.3 is 0 Å². The molecule has 0 aliphatic carbocycles. The number of aromatic nitrogens is 1. The number of nitrogens with zero attached hydrogens (tertiary/aromatic N) is 6. The second kappa shape index (κ2) is 48.0. The quantitative estimate of drug-likeness (QED) is 0.0240. The minimum atomic E-state index is -1.88. The number of fused-ring (bicyclic) bond motifs is 2. The van der Waals surface area contributed by atoms with Gasteiger partial charge in [-0.3, -0.25) is 43.2 Å². The highest BCUT2D eigenvalue weighted by atomic mass is 79.9. The van der Waals surface area contributed by atoms with Gasteiger partial charge in [0.1, 0.15) is 17.6 Å². The Balaban J connectivity index is 0.000000169. The van der Waals surface area contributed by atoms with Crippen molar-refractivity contribution >= 4 is 151 Å². The van der Waals surface area contributed by atoms with Crippen LogP contribution in [0.5, 0.6) is 11.5 Å². The summed E-state index contributed by atoms with van der Waals surface area (Å²) in [5.41, 5.74) is 8.29. The first-order chi connectivity index (χ1) is 62.6. The summed E-state index contributed by atoms with van der Waals surface area (Å²) in [6.07, 6.45) is -10.5. The Morgan fingerprint density at radius 3 is 1.21 bits per heavy atom. The van der Waals surface area contributed by atoms with Crippen molar-refractivity contribution in [1.29, 1.82) is 0 Å². The van der Waals surface area contributed by atoms with Crippen LogP contribution in [0.25, 0.3) is 10.9 Å². The summed E-state index contributed by atoms with van der Waals surface area (Å²) in [5, 5.41) is 95.1. The number of amides is 9. The van der Waals surface area contributed by atoms with Crippen LogP contribution in [0.15, 0.2) is 218 Å². The number of hydrogen-bond donors (Lipinski definition) is 13. The van der Waals surface area contributed by atoms with E-state index in [-0.39, 0.29) is 30.0 Å². The van der Waals surface area contributed by atoms with Gasteiger partial charge in [0, 0.05) is 130 Å². The van der Waals surface area contributed by atoms with Crippen molar-refractivity contribution in [3.8, 4) is 11.5 Å². The number of methoxy groups -OCH3 is 1. The normalized spacial score (nSPS) is 18.1. The van der Waals surface area contributed by atoms with Crippen LogP contribution in [-0.2, 0) is 49.6 Å². The van der Waals surface area contributed by atoms with Crippen LogP contribution in [0.2, 0.25) is 5.02 Å². The number of aliphatic hydroxyl groups is 8. The average molecular weight is 2080 g/mol. The predicted octanol–water partition coefficient (Wildman–Crippen LogP) is 9.94. The van der Waals surface area contributed by atoms with Crippen LogP contribution in [0.1, 0.15) is 130 Å². The van der Waals surface area contributed by atoms with E-state index in [0.29, 0.717) is 108 Å². The maximum atomic E-state index is 12.9. The Kier molecular flexibility index (Phi) is 37.1. The van der Waals surface area contributed by atoms with E-state index in [2.05, 4.69) is 101 Å². The fraction of sp³-hybridized carbons (Fsp3) is 0.385. The first kappa shape index (κ1) is 101. The van der Waals surface area contributed by atoms with Gasteiger partial charge in [-0.15, -0.1) is 0 Å². The Morgan fingerprint density at radius 1 is 0.420 bits per heavy atom. The molecule has 5 aliphatic heterocycles. The second-order valence-electron chi connectivity index (χ2n) is 32.8. The summed E-state index contributed by atoms with van der Waals surface area (Å²) >= 11 is 19.3. The summed E-state index contributed by atoms with van der Waals surface area (Å²) in [6, 6.07) is 60.3. The van der Waals surface area contributed by atoms with Crippen LogP contribution in [-0.4, -0.2) is 252 Å². The molecule has 5 aliphatic rings. The van der Waals surface area contributed by atoms with Gasteiger partial charge in [-0.1, -0.05) is 172 Å². The highest BCUT2D eigenvalue weighted by molar-refractivity contribution is 9.11. The van der Waals surface area contributed by atoms with E-state index in [9.17, 15) is 84.0 Å².